The Kier molecular flexibility index (Phi) is 4.04. The van der Waals surface area contributed by atoms with Gasteiger partial charge < -0.3 is 9.94 Å². The van der Waals surface area contributed by atoms with Gasteiger partial charge in [0.2, 0.25) is 0 Å². The van der Waals surface area contributed by atoms with E-state index in [4.69, 9.17) is 33.1 Å². The standard InChI is InChI=1S/C9H9Cl2NO2/c1-2-14-9(12-13)6-3-4-7(10)8(11)5-6/h3-5,13H,2H2,1H3/b12-9+. The third-order valence-electron chi connectivity index (χ3n) is 1.54. The van der Waals surface area contributed by atoms with Crippen molar-refractivity contribution in [3.05, 3.63) is 33.8 Å². The number of ether oxygens (including phenoxy) is 1. The molecule has 0 aliphatic carbocycles. The number of hydrogen-bond acceptors (Lipinski definition) is 3. The highest BCUT2D eigenvalue weighted by Crippen LogP contribution is 2.23. The molecule has 0 amide bonds. The van der Waals surface area contributed by atoms with Gasteiger partial charge in [-0.1, -0.05) is 23.2 Å². The minimum atomic E-state index is 0.131. The average molecular weight is 234 g/mol. The molecule has 0 aromatic heterocycles. The summed E-state index contributed by atoms with van der Waals surface area (Å²) in [6.45, 7) is 2.21. The predicted octanol–water partition coefficient (Wildman–Crippen LogP) is 3.17. The second kappa shape index (κ2) is 5.08. The summed E-state index contributed by atoms with van der Waals surface area (Å²) in [5, 5.41) is 12.5. The van der Waals surface area contributed by atoms with Crippen molar-refractivity contribution in [2.45, 2.75) is 6.92 Å². The highest BCUT2D eigenvalue weighted by atomic mass is 35.5. The molecule has 14 heavy (non-hydrogen) atoms. The molecule has 0 fully saturated rings. The highest BCUT2D eigenvalue weighted by molar-refractivity contribution is 6.42. The van der Waals surface area contributed by atoms with Crippen molar-refractivity contribution in [3.63, 3.8) is 0 Å². The second-order valence-corrected chi connectivity index (χ2v) is 3.28. The molecule has 0 aliphatic heterocycles. The third kappa shape index (κ3) is 2.53. The smallest absolute Gasteiger partial charge is 0.257 e. The first-order valence-electron chi connectivity index (χ1n) is 3.99. The summed E-state index contributed by atoms with van der Waals surface area (Å²) >= 11 is 11.5. The molecule has 0 saturated carbocycles. The summed E-state index contributed by atoms with van der Waals surface area (Å²) in [5.74, 6) is 0.131. The van der Waals surface area contributed by atoms with E-state index in [9.17, 15) is 0 Å². The van der Waals surface area contributed by atoms with Gasteiger partial charge in [0.1, 0.15) is 0 Å². The summed E-state index contributed by atoms with van der Waals surface area (Å²) < 4.78 is 5.07. The molecule has 0 unspecified atom stereocenters. The van der Waals surface area contributed by atoms with E-state index in [2.05, 4.69) is 5.16 Å². The maximum atomic E-state index is 8.66. The first kappa shape index (κ1) is 11.1. The molecule has 1 aromatic carbocycles. The Hall–Kier alpha value is -0.930. The van der Waals surface area contributed by atoms with Crippen molar-refractivity contribution in [2.75, 3.05) is 6.61 Å². The number of oxime groups is 1. The van der Waals surface area contributed by atoms with E-state index in [0.717, 1.165) is 0 Å². The van der Waals surface area contributed by atoms with E-state index in [1.807, 2.05) is 0 Å². The maximum absolute atomic E-state index is 8.66. The monoisotopic (exact) mass is 233 g/mol. The fourth-order valence-corrected chi connectivity index (χ4v) is 1.23. The van der Waals surface area contributed by atoms with E-state index in [-0.39, 0.29) is 5.90 Å². The van der Waals surface area contributed by atoms with Gasteiger partial charge >= 0.3 is 0 Å². The third-order valence-corrected chi connectivity index (χ3v) is 2.28. The molecule has 76 valence electrons. The second-order valence-electron chi connectivity index (χ2n) is 2.47. The van der Waals surface area contributed by atoms with Crippen LogP contribution in [-0.4, -0.2) is 17.7 Å². The molecule has 0 atom stereocenters. The average Bonchev–Trinajstić information content (AvgIpc) is 2.19. The van der Waals surface area contributed by atoms with E-state index in [1.54, 1.807) is 25.1 Å². The Bertz CT molecular complexity index is 353. The Morgan fingerprint density at radius 1 is 1.43 bits per heavy atom. The molecule has 0 spiro atoms. The van der Waals surface area contributed by atoms with Gasteiger partial charge in [0.05, 0.1) is 16.7 Å². The molecule has 1 aromatic rings. The molecular weight excluding hydrogens is 225 g/mol. The minimum Gasteiger partial charge on any atom is -0.475 e. The first-order valence-corrected chi connectivity index (χ1v) is 4.75. The molecule has 0 radical (unpaired) electrons. The van der Waals surface area contributed by atoms with Crippen molar-refractivity contribution < 1.29 is 9.94 Å². The number of benzene rings is 1. The van der Waals surface area contributed by atoms with E-state index in [0.29, 0.717) is 22.2 Å². The first-order chi connectivity index (χ1) is 6.69. The van der Waals surface area contributed by atoms with Crippen molar-refractivity contribution in [2.24, 2.45) is 5.16 Å². The van der Waals surface area contributed by atoms with E-state index < -0.39 is 0 Å². The summed E-state index contributed by atoms with van der Waals surface area (Å²) in [5.41, 5.74) is 0.587. The van der Waals surface area contributed by atoms with Crippen LogP contribution in [0, 0.1) is 0 Å². The lowest BCUT2D eigenvalue weighted by atomic mass is 10.2. The van der Waals surface area contributed by atoms with Crippen LogP contribution in [0.4, 0.5) is 0 Å². The van der Waals surface area contributed by atoms with Crippen LogP contribution in [0.15, 0.2) is 23.4 Å². The summed E-state index contributed by atoms with van der Waals surface area (Å²) in [7, 11) is 0. The van der Waals surface area contributed by atoms with E-state index in [1.165, 1.54) is 0 Å². The van der Waals surface area contributed by atoms with Gasteiger partial charge in [0.15, 0.2) is 0 Å². The largest absolute Gasteiger partial charge is 0.475 e. The van der Waals surface area contributed by atoms with Crippen LogP contribution >= 0.6 is 23.2 Å². The van der Waals surface area contributed by atoms with Crippen LogP contribution < -0.4 is 0 Å². The fraction of sp³-hybridized carbons (Fsp3) is 0.222. The molecule has 0 heterocycles. The molecule has 0 aliphatic rings. The summed E-state index contributed by atoms with van der Waals surface area (Å²) in [6.07, 6.45) is 0. The van der Waals surface area contributed by atoms with Gasteiger partial charge in [-0.15, -0.1) is 0 Å². The highest BCUT2D eigenvalue weighted by Gasteiger charge is 2.07. The molecule has 0 bridgehead atoms. The van der Waals surface area contributed by atoms with Crippen LogP contribution in [0.5, 0.6) is 0 Å². The summed E-state index contributed by atoms with van der Waals surface area (Å²) in [4.78, 5) is 0. The Labute approximate surface area is 91.9 Å². The normalized spacial score (nSPS) is 11.5. The zero-order valence-electron chi connectivity index (χ0n) is 7.50. The van der Waals surface area contributed by atoms with Crippen molar-refractivity contribution in [1.82, 2.24) is 0 Å². The molecule has 1 rings (SSSR count). The van der Waals surface area contributed by atoms with Crippen LogP contribution in [0.25, 0.3) is 0 Å². The number of halogens is 2. The number of nitrogens with zero attached hydrogens (tertiary/aromatic N) is 1. The summed E-state index contributed by atoms with van der Waals surface area (Å²) in [6, 6.07) is 4.86. The molecule has 1 N–H and O–H groups in total. The van der Waals surface area contributed by atoms with Crippen LogP contribution in [0.2, 0.25) is 10.0 Å². The van der Waals surface area contributed by atoms with Crippen molar-refractivity contribution in [3.8, 4) is 0 Å². The molecule has 5 heteroatoms. The topological polar surface area (TPSA) is 41.8 Å². The lowest BCUT2D eigenvalue weighted by molar-refractivity contribution is 0.266. The van der Waals surface area contributed by atoms with Crippen LogP contribution in [-0.2, 0) is 4.74 Å². The predicted molar refractivity (Wildman–Crippen MR) is 56.4 cm³/mol. The Morgan fingerprint density at radius 3 is 2.64 bits per heavy atom. The Morgan fingerprint density at radius 2 is 2.14 bits per heavy atom. The van der Waals surface area contributed by atoms with Gasteiger partial charge in [0.25, 0.3) is 5.90 Å². The van der Waals surface area contributed by atoms with Crippen LogP contribution in [0.3, 0.4) is 0 Å². The molecular formula is C9H9Cl2NO2. The van der Waals surface area contributed by atoms with Crippen LogP contribution in [0.1, 0.15) is 12.5 Å². The minimum absolute atomic E-state index is 0.131. The zero-order chi connectivity index (χ0) is 10.6. The van der Waals surface area contributed by atoms with Gasteiger partial charge in [-0.25, -0.2) is 0 Å². The van der Waals surface area contributed by atoms with E-state index >= 15 is 0 Å². The van der Waals surface area contributed by atoms with Crippen molar-refractivity contribution >= 4 is 29.1 Å². The SMILES string of the molecule is CCO/C(=N/O)c1ccc(Cl)c(Cl)c1. The number of rotatable bonds is 2. The number of hydrogen-bond donors (Lipinski definition) is 1. The zero-order valence-corrected chi connectivity index (χ0v) is 9.01. The van der Waals surface area contributed by atoms with Gasteiger partial charge in [-0.3, -0.25) is 0 Å². The van der Waals surface area contributed by atoms with Gasteiger partial charge in [-0.05, 0) is 30.3 Å². The van der Waals surface area contributed by atoms with Gasteiger partial charge in [-0.2, -0.15) is 0 Å². The molecule has 0 saturated heterocycles. The fourth-order valence-electron chi connectivity index (χ4n) is 0.936. The maximum Gasteiger partial charge on any atom is 0.257 e. The van der Waals surface area contributed by atoms with Crippen molar-refractivity contribution in [1.29, 1.82) is 0 Å². The lowest BCUT2D eigenvalue weighted by Gasteiger charge is -2.05. The lowest BCUT2D eigenvalue weighted by Crippen LogP contribution is -2.06. The quantitative estimate of drug-likeness (QED) is 0.369. The van der Waals surface area contributed by atoms with Gasteiger partial charge in [0, 0.05) is 5.56 Å². The molecule has 3 nitrogen and oxygen atoms in total. The Balaban J connectivity index is 3.00.